The molecule has 1 saturated heterocycles. The maximum Gasteiger partial charge on any atom is 0.325 e. The van der Waals surface area contributed by atoms with Crippen LogP contribution in [0.5, 0.6) is 0 Å². The maximum atomic E-state index is 12.5. The molecule has 1 fully saturated rings. The van der Waals surface area contributed by atoms with Crippen LogP contribution in [0.3, 0.4) is 0 Å². The smallest absolute Gasteiger partial charge is 0.325 e. The Hall–Kier alpha value is -3.35. The van der Waals surface area contributed by atoms with Crippen molar-refractivity contribution in [3.8, 4) is 11.5 Å². The summed E-state index contributed by atoms with van der Waals surface area (Å²) in [4.78, 5) is 25.9. The number of urea groups is 1. The van der Waals surface area contributed by atoms with Crippen LogP contribution in [0.25, 0.3) is 11.5 Å². The minimum Gasteiger partial charge on any atom is -0.461 e. The van der Waals surface area contributed by atoms with E-state index in [9.17, 15) is 9.59 Å². The first-order valence-electron chi connectivity index (χ1n) is 8.36. The van der Waals surface area contributed by atoms with Crippen molar-refractivity contribution < 1.29 is 18.5 Å². The lowest BCUT2D eigenvalue weighted by molar-refractivity contribution is -0.128. The van der Waals surface area contributed by atoms with Crippen molar-refractivity contribution in [2.45, 2.75) is 25.4 Å². The minimum atomic E-state index is -0.515. The van der Waals surface area contributed by atoms with E-state index in [1.165, 1.54) is 11.2 Å². The fraction of sp³-hybridized carbons (Fsp3) is 0.211. The summed E-state index contributed by atoms with van der Waals surface area (Å²) in [5, 5.41) is 6.65. The minimum absolute atomic E-state index is 0.0662. The van der Waals surface area contributed by atoms with Gasteiger partial charge in [-0.1, -0.05) is 35.5 Å². The first-order valence-corrected chi connectivity index (χ1v) is 8.36. The number of carbonyl (C=O) groups excluding carboxylic acids is 2. The Bertz CT molecular complexity index is 902. The van der Waals surface area contributed by atoms with Crippen molar-refractivity contribution >= 4 is 11.9 Å². The fourth-order valence-electron chi connectivity index (χ4n) is 2.96. The second-order valence-electron chi connectivity index (χ2n) is 6.11. The lowest BCUT2D eigenvalue weighted by Crippen LogP contribution is -2.31. The van der Waals surface area contributed by atoms with E-state index in [2.05, 4.69) is 10.5 Å². The Morgan fingerprint density at radius 3 is 2.69 bits per heavy atom. The van der Waals surface area contributed by atoms with E-state index in [0.717, 1.165) is 12.0 Å². The molecule has 3 aromatic rings. The molecule has 1 atom stereocenters. The van der Waals surface area contributed by atoms with Crippen LogP contribution in [0.4, 0.5) is 4.79 Å². The molecule has 132 valence electrons. The highest BCUT2D eigenvalue weighted by Crippen LogP contribution is 2.22. The second-order valence-corrected chi connectivity index (χ2v) is 6.11. The van der Waals surface area contributed by atoms with Gasteiger partial charge in [-0.3, -0.25) is 9.69 Å². The number of furan rings is 1. The van der Waals surface area contributed by atoms with Crippen LogP contribution in [0.1, 0.15) is 17.7 Å². The molecule has 7 nitrogen and oxygen atoms in total. The zero-order valence-corrected chi connectivity index (χ0v) is 13.9. The zero-order valence-electron chi connectivity index (χ0n) is 13.9. The molecular weight excluding hydrogens is 334 g/mol. The molecule has 26 heavy (non-hydrogen) atoms. The van der Waals surface area contributed by atoms with Gasteiger partial charge in [0.05, 0.1) is 12.8 Å². The second kappa shape index (κ2) is 6.87. The lowest BCUT2D eigenvalue weighted by Gasteiger charge is -2.11. The summed E-state index contributed by atoms with van der Waals surface area (Å²) in [6, 6.07) is 14.1. The van der Waals surface area contributed by atoms with E-state index < -0.39 is 12.1 Å². The Balaban J connectivity index is 1.39. The molecule has 0 spiro atoms. The third-order valence-electron chi connectivity index (χ3n) is 4.31. The van der Waals surface area contributed by atoms with Crippen LogP contribution >= 0.6 is 0 Å². The van der Waals surface area contributed by atoms with Gasteiger partial charge in [0.2, 0.25) is 5.76 Å². The van der Waals surface area contributed by atoms with Crippen LogP contribution in [0, 0.1) is 0 Å². The summed E-state index contributed by atoms with van der Waals surface area (Å²) in [6.45, 7) is 0.0662. The maximum absolute atomic E-state index is 12.5. The predicted molar refractivity (Wildman–Crippen MR) is 91.8 cm³/mol. The van der Waals surface area contributed by atoms with E-state index >= 15 is 0 Å². The molecule has 1 aliphatic heterocycles. The number of amides is 3. The van der Waals surface area contributed by atoms with Crippen molar-refractivity contribution in [2.75, 3.05) is 0 Å². The average molecular weight is 351 g/mol. The Kier molecular flexibility index (Phi) is 4.27. The van der Waals surface area contributed by atoms with E-state index in [4.69, 9.17) is 8.94 Å². The number of nitrogens with one attached hydrogen (secondary N) is 1. The van der Waals surface area contributed by atoms with Crippen LogP contribution in [-0.4, -0.2) is 28.0 Å². The van der Waals surface area contributed by atoms with Gasteiger partial charge in [0.25, 0.3) is 5.91 Å². The molecular formula is C19H17N3O4. The monoisotopic (exact) mass is 351 g/mol. The molecule has 0 aliphatic carbocycles. The largest absolute Gasteiger partial charge is 0.461 e. The number of hydrogen-bond donors (Lipinski definition) is 1. The van der Waals surface area contributed by atoms with Gasteiger partial charge in [0.1, 0.15) is 11.7 Å². The number of rotatable bonds is 6. The topological polar surface area (TPSA) is 88.6 Å². The first-order chi connectivity index (χ1) is 12.7. The summed E-state index contributed by atoms with van der Waals surface area (Å²) >= 11 is 0. The lowest BCUT2D eigenvalue weighted by atomic mass is 10.1. The number of nitrogens with zero attached hydrogens (tertiary/aromatic N) is 2. The summed E-state index contributed by atoms with van der Waals surface area (Å²) in [7, 11) is 0. The number of imide groups is 1. The number of aromatic nitrogens is 1. The molecule has 3 amide bonds. The fourth-order valence-corrected chi connectivity index (χ4v) is 2.96. The molecule has 0 saturated carbocycles. The molecule has 0 unspecified atom stereocenters. The molecule has 3 heterocycles. The molecule has 0 bridgehead atoms. The Morgan fingerprint density at radius 2 is 1.92 bits per heavy atom. The normalized spacial score (nSPS) is 16.9. The first kappa shape index (κ1) is 16.1. The molecule has 2 aromatic heterocycles. The number of carbonyl (C=O) groups is 2. The van der Waals surface area contributed by atoms with Gasteiger partial charge in [-0.05, 0) is 30.5 Å². The van der Waals surface area contributed by atoms with E-state index in [1.54, 1.807) is 18.2 Å². The molecule has 4 rings (SSSR count). The quantitative estimate of drug-likeness (QED) is 0.690. The van der Waals surface area contributed by atoms with E-state index in [1.807, 2.05) is 30.3 Å². The zero-order chi connectivity index (χ0) is 17.9. The summed E-state index contributed by atoms with van der Waals surface area (Å²) in [5.74, 6) is 0.757. The van der Waals surface area contributed by atoms with Gasteiger partial charge in [0.15, 0.2) is 5.76 Å². The van der Waals surface area contributed by atoms with Crippen molar-refractivity contribution in [3.05, 3.63) is 66.1 Å². The highest BCUT2D eigenvalue weighted by molar-refractivity contribution is 6.04. The molecule has 1 aromatic carbocycles. The predicted octanol–water partition coefficient (Wildman–Crippen LogP) is 2.99. The highest BCUT2D eigenvalue weighted by atomic mass is 16.5. The SMILES string of the molecule is O=C1N[C@@H](CCc2ccccc2)C(=O)N1Cc1cc(-c2ccco2)on1. The van der Waals surface area contributed by atoms with Crippen molar-refractivity contribution in [1.29, 1.82) is 0 Å². The van der Waals surface area contributed by atoms with E-state index in [-0.39, 0.29) is 12.5 Å². The Labute approximate surface area is 149 Å². The van der Waals surface area contributed by atoms with Crippen LogP contribution in [0.2, 0.25) is 0 Å². The van der Waals surface area contributed by atoms with Gasteiger partial charge < -0.3 is 14.3 Å². The van der Waals surface area contributed by atoms with Crippen LogP contribution < -0.4 is 5.32 Å². The van der Waals surface area contributed by atoms with Crippen molar-refractivity contribution in [1.82, 2.24) is 15.4 Å². The van der Waals surface area contributed by atoms with Crippen LogP contribution in [0.15, 0.2) is 63.7 Å². The van der Waals surface area contributed by atoms with Crippen molar-refractivity contribution in [2.24, 2.45) is 0 Å². The van der Waals surface area contributed by atoms with Gasteiger partial charge in [-0.2, -0.15) is 0 Å². The van der Waals surface area contributed by atoms with Gasteiger partial charge >= 0.3 is 6.03 Å². The van der Waals surface area contributed by atoms with Crippen molar-refractivity contribution in [3.63, 3.8) is 0 Å². The van der Waals surface area contributed by atoms with Gasteiger partial charge in [0, 0.05) is 6.07 Å². The third kappa shape index (κ3) is 3.23. The molecule has 1 aliphatic rings. The van der Waals surface area contributed by atoms with Crippen LogP contribution in [-0.2, 0) is 17.8 Å². The summed E-state index contributed by atoms with van der Waals surface area (Å²) in [5.41, 5.74) is 1.62. The van der Waals surface area contributed by atoms with Gasteiger partial charge in [-0.15, -0.1) is 0 Å². The molecule has 0 radical (unpaired) electrons. The Morgan fingerprint density at radius 1 is 1.08 bits per heavy atom. The molecule has 1 N–H and O–H groups in total. The number of hydrogen-bond acceptors (Lipinski definition) is 5. The third-order valence-corrected chi connectivity index (χ3v) is 4.31. The molecule has 7 heteroatoms. The number of aryl methyl sites for hydroxylation is 1. The average Bonchev–Trinajstić information content (AvgIpc) is 3.38. The van der Waals surface area contributed by atoms with Gasteiger partial charge in [-0.25, -0.2) is 4.79 Å². The summed E-state index contributed by atoms with van der Waals surface area (Å²) in [6.07, 6.45) is 2.81. The highest BCUT2D eigenvalue weighted by Gasteiger charge is 2.38. The van der Waals surface area contributed by atoms with E-state index in [0.29, 0.717) is 23.6 Å². The summed E-state index contributed by atoms with van der Waals surface area (Å²) < 4.78 is 10.5. The standard InChI is InChI=1S/C19H17N3O4/c23-18-15(9-8-13-5-2-1-3-6-13)20-19(24)22(18)12-14-11-17(26-21-14)16-7-4-10-25-16/h1-7,10-11,15H,8-9,12H2,(H,20,24)/t15-/m0/s1. The number of benzene rings is 1.